The van der Waals surface area contributed by atoms with Crippen molar-refractivity contribution in [3.63, 3.8) is 0 Å². The summed E-state index contributed by atoms with van der Waals surface area (Å²) in [5, 5.41) is 9.07. The minimum atomic E-state index is 0.287. The summed E-state index contributed by atoms with van der Waals surface area (Å²) in [6.07, 6.45) is 5.12. The summed E-state index contributed by atoms with van der Waals surface area (Å²) in [6.45, 7) is 3.17. The Balaban J connectivity index is 1.62. The van der Waals surface area contributed by atoms with E-state index in [1.165, 1.54) is 12.8 Å². The van der Waals surface area contributed by atoms with E-state index in [0.717, 1.165) is 43.3 Å². The fourth-order valence-electron chi connectivity index (χ4n) is 3.02. The fraction of sp³-hybridized carbons (Fsp3) is 0.471. The smallest absolute Gasteiger partial charge is 0.209 e. The van der Waals surface area contributed by atoms with E-state index in [2.05, 4.69) is 9.88 Å². The Hall–Kier alpha value is -1.65. The molecule has 0 radical (unpaired) electrons. The van der Waals surface area contributed by atoms with Gasteiger partial charge in [-0.3, -0.25) is 4.90 Å². The lowest BCUT2D eigenvalue weighted by Gasteiger charge is -2.31. The van der Waals surface area contributed by atoms with Crippen LogP contribution in [-0.2, 0) is 6.54 Å². The highest BCUT2D eigenvalue weighted by Gasteiger charge is 2.21. The van der Waals surface area contributed by atoms with Crippen LogP contribution >= 0.6 is 0 Å². The fourth-order valence-corrected chi connectivity index (χ4v) is 3.02. The topological polar surface area (TPSA) is 49.5 Å². The molecular formula is C17H22N2O2. The van der Waals surface area contributed by atoms with Gasteiger partial charge < -0.3 is 9.52 Å². The quantitative estimate of drug-likeness (QED) is 0.918. The number of rotatable bonds is 5. The van der Waals surface area contributed by atoms with Crippen molar-refractivity contribution in [3.8, 4) is 11.3 Å². The maximum atomic E-state index is 9.07. The molecule has 1 N–H and O–H groups in total. The number of aliphatic hydroxyl groups is 1. The predicted octanol–water partition coefficient (Wildman–Crippen LogP) is 2.94. The molecule has 1 aliphatic rings. The monoisotopic (exact) mass is 286 g/mol. The molecule has 112 valence electrons. The highest BCUT2D eigenvalue weighted by molar-refractivity contribution is 5.55. The highest BCUT2D eigenvalue weighted by Crippen LogP contribution is 2.23. The Kier molecular flexibility index (Phi) is 4.68. The first-order valence-electron chi connectivity index (χ1n) is 7.68. The van der Waals surface area contributed by atoms with Crippen LogP contribution in [0.15, 0.2) is 40.9 Å². The summed E-state index contributed by atoms with van der Waals surface area (Å²) in [5.41, 5.74) is 1.06. The minimum Gasteiger partial charge on any atom is -0.439 e. The molecule has 4 nitrogen and oxygen atoms in total. The number of piperidine rings is 1. The van der Waals surface area contributed by atoms with Gasteiger partial charge in [-0.2, -0.15) is 0 Å². The van der Waals surface area contributed by atoms with Gasteiger partial charge in [0.15, 0.2) is 5.76 Å². The molecule has 0 bridgehead atoms. The van der Waals surface area contributed by atoms with Gasteiger partial charge in [0, 0.05) is 18.7 Å². The van der Waals surface area contributed by atoms with Crippen LogP contribution in [0.3, 0.4) is 0 Å². The molecule has 1 atom stereocenters. The Morgan fingerprint density at radius 1 is 1.29 bits per heavy atom. The standard InChI is InChI=1S/C17H22N2O2/c20-10-8-14-5-4-9-19(12-14)13-17-18-11-16(21-17)15-6-2-1-3-7-15/h1-3,6-7,11,14,20H,4-5,8-10,12-13H2. The molecule has 1 aliphatic heterocycles. The third kappa shape index (κ3) is 3.71. The summed E-state index contributed by atoms with van der Waals surface area (Å²) in [6, 6.07) is 10.1. The second-order valence-corrected chi connectivity index (χ2v) is 5.74. The van der Waals surface area contributed by atoms with Crippen LogP contribution in [0.5, 0.6) is 0 Å². The SMILES string of the molecule is OCCC1CCCN(Cc2ncc(-c3ccccc3)o2)C1. The summed E-state index contributed by atoms with van der Waals surface area (Å²) in [5.74, 6) is 2.21. The first-order chi connectivity index (χ1) is 10.3. The number of aliphatic hydroxyl groups excluding tert-OH is 1. The number of likely N-dealkylation sites (tertiary alicyclic amines) is 1. The lowest BCUT2D eigenvalue weighted by Crippen LogP contribution is -2.35. The van der Waals surface area contributed by atoms with Crippen molar-refractivity contribution < 1.29 is 9.52 Å². The normalized spacial score (nSPS) is 19.8. The van der Waals surface area contributed by atoms with Gasteiger partial charge in [0.2, 0.25) is 5.89 Å². The zero-order valence-corrected chi connectivity index (χ0v) is 12.2. The Labute approximate surface area is 125 Å². The molecule has 0 aliphatic carbocycles. The molecular weight excluding hydrogens is 264 g/mol. The number of hydrogen-bond acceptors (Lipinski definition) is 4. The van der Waals surface area contributed by atoms with Crippen molar-refractivity contribution >= 4 is 0 Å². The summed E-state index contributed by atoms with van der Waals surface area (Å²) in [7, 11) is 0. The van der Waals surface area contributed by atoms with Gasteiger partial charge >= 0.3 is 0 Å². The Morgan fingerprint density at radius 2 is 2.14 bits per heavy atom. The maximum Gasteiger partial charge on any atom is 0.209 e. The Bertz CT molecular complexity index is 551. The van der Waals surface area contributed by atoms with Gasteiger partial charge in [-0.15, -0.1) is 0 Å². The summed E-state index contributed by atoms with van der Waals surface area (Å²) < 4.78 is 5.87. The third-order valence-electron chi connectivity index (χ3n) is 4.11. The minimum absolute atomic E-state index is 0.287. The van der Waals surface area contributed by atoms with Crippen molar-refractivity contribution in [2.75, 3.05) is 19.7 Å². The average molecular weight is 286 g/mol. The molecule has 1 saturated heterocycles. The second kappa shape index (κ2) is 6.87. The van der Waals surface area contributed by atoms with Crippen LogP contribution in [0, 0.1) is 5.92 Å². The molecule has 1 fully saturated rings. The van der Waals surface area contributed by atoms with Crippen LogP contribution in [0.25, 0.3) is 11.3 Å². The molecule has 2 aromatic rings. The molecule has 21 heavy (non-hydrogen) atoms. The summed E-state index contributed by atoms with van der Waals surface area (Å²) in [4.78, 5) is 6.78. The van der Waals surface area contributed by atoms with E-state index in [4.69, 9.17) is 9.52 Å². The van der Waals surface area contributed by atoms with Crippen LogP contribution in [0.2, 0.25) is 0 Å². The average Bonchev–Trinajstić information content (AvgIpc) is 2.97. The molecule has 3 rings (SSSR count). The van der Waals surface area contributed by atoms with Crippen LogP contribution in [0.1, 0.15) is 25.2 Å². The molecule has 0 spiro atoms. The van der Waals surface area contributed by atoms with Gasteiger partial charge in [-0.05, 0) is 31.7 Å². The summed E-state index contributed by atoms with van der Waals surface area (Å²) >= 11 is 0. The van der Waals surface area contributed by atoms with Crippen molar-refractivity contribution in [1.82, 2.24) is 9.88 Å². The van der Waals surface area contributed by atoms with E-state index in [-0.39, 0.29) is 6.61 Å². The van der Waals surface area contributed by atoms with Gasteiger partial charge in [0.05, 0.1) is 12.7 Å². The third-order valence-corrected chi connectivity index (χ3v) is 4.11. The van der Waals surface area contributed by atoms with Crippen molar-refractivity contribution in [2.24, 2.45) is 5.92 Å². The van der Waals surface area contributed by atoms with E-state index >= 15 is 0 Å². The van der Waals surface area contributed by atoms with Crippen molar-refractivity contribution in [1.29, 1.82) is 0 Å². The molecule has 4 heteroatoms. The lowest BCUT2D eigenvalue weighted by atomic mass is 9.95. The van der Waals surface area contributed by atoms with E-state index in [1.54, 1.807) is 6.20 Å². The number of oxazole rings is 1. The van der Waals surface area contributed by atoms with E-state index in [0.29, 0.717) is 5.92 Å². The van der Waals surface area contributed by atoms with Crippen molar-refractivity contribution in [2.45, 2.75) is 25.8 Å². The number of nitrogens with zero attached hydrogens (tertiary/aromatic N) is 2. The predicted molar refractivity (Wildman–Crippen MR) is 81.6 cm³/mol. The van der Waals surface area contributed by atoms with Crippen LogP contribution < -0.4 is 0 Å². The molecule has 1 aromatic carbocycles. The number of hydrogen-bond donors (Lipinski definition) is 1. The Morgan fingerprint density at radius 3 is 2.95 bits per heavy atom. The van der Waals surface area contributed by atoms with E-state index in [9.17, 15) is 0 Å². The zero-order valence-electron chi connectivity index (χ0n) is 12.2. The molecule has 2 heterocycles. The molecule has 0 saturated carbocycles. The first kappa shape index (κ1) is 14.3. The van der Waals surface area contributed by atoms with Crippen LogP contribution in [-0.4, -0.2) is 34.7 Å². The van der Waals surface area contributed by atoms with Crippen LogP contribution in [0.4, 0.5) is 0 Å². The van der Waals surface area contributed by atoms with Crippen molar-refractivity contribution in [3.05, 3.63) is 42.4 Å². The van der Waals surface area contributed by atoms with Gasteiger partial charge in [-0.25, -0.2) is 4.98 Å². The molecule has 1 unspecified atom stereocenters. The largest absolute Gasteiger partial charge is 0.439 e. The number of benzene rings is 1. The second-order valence-electron chi connectivity index (χ2n) is 5.74. The zero-order chi connectivity index (χ0) is 14.5. The highest BCUT2D eigenvalue weighted by atomic mass is 16.4. The van der Waals surface area contributed by atoms with E-state index in [1.807, 2.05) is 30.3 Å². The first-order valence-corrected chi connectivity index (χ1v) is 7.68. The van der Waals surface area contributed by atoms with Gasteiger partial charge in [0.25, 0.3) is 0 Å². The molecule has 0 amide bonds. The lowest BCUT2D eigenvalue weighted by molar-refractivity contribution is 0.133. The van der Waals surface area contributed by atoms with E-state index < -0.39 is 0 Å². The molecule has 1 aromatic heterocycles. The maximum absolute atomic E-state index is 9.07. The van der Waals surface area contributed by atoms with Gasteiger partial charge in [-0.1, -0.05) is 30.3 Å². The van der Waals surface area contributed by atoms with Gasteiger partial charge in [0.1, 0.15) is 0 Å². The number of aromatic nitrogens is 1.